The second kappa shape index (κ2) is 14.2. The van der Waals surface area contributed by atoms with Gasteiger partial charge in [-0.05, 0) is 48.7 Å². The van der Waals surface area contributed by atoms with E-state index >= 15 is 0 Å². The van der Waals surface area contributed by atoms with Crippen LogP contribution in [-0.2, 0) is 27.8 Å². The van der Waals surface area contributed by atoms with Crippen molar-refractivity contribution in [2.75, 3.05) is 26.9 Å². The molecule has 0 amide bonds. The van der Waals surface area contributed by atoms with Crippen molar-refractivity contribution in [2.24, 2.45) is 10.1 Å². The Bertz CT molecular complexity index is 921. The number of rotatable bonds is 11. The average Bonchev–Trinajstić information content (AvgIpc) is 2.75. The number of nitrogens with zero attached hydrogens (tertiary/aromatic N) is 1. The molecule has 0 radical (unpaired) electrons. The second-order valence-corrected chi connectivity index (χ2v) is 8.10. The van der Waals surface area contributed by atoms with Crippen molar-refractivity contribution < 1.29 is 17.9 Å². The molecule has 0 atom stereocenters. The van der Waals surface area contributed by atoms with Crippen molar-refractivity contribution in [3.63, 3.8) is 0 Å². The molecule has 31 heavy (non-hydrogen) atoms. The van der Waals surface area contributed by atoms with E-state index in [1.54, 1.807) is 13.2 Å². The molecule has 0 aliphatic rings. The maximum absolute atomic E-state index is 11.6. The number of hydrogen-bond acceptors (Lipinski definition) is 5. The van der Waals surface area contributed by atoms with Gasteiger partial charge in [-0.2, -0.15) is 0 Å². The number of nitrogens with one attached hydrogen (secondary N) is 2. The third kappa shape index (κ3) is 10.3. The molecule has 0 aliphatic carbocycles. The SMILES string of the molecule is CCOCCCNC(=NCc1cccc(S(N)(=O)=O)c1)NCc1ccc(OC)cc1.I. The summed E-state index contributed by atoms with van der Waals surface area (Å²) < 4.78 is 33.6. The smallest absolute Gasteiger partial charge is 0.238 e. The number of halogens is 1. The fourth-order valence-corrected chi connectivity index (χ4v) is 3.20. The van der Waals surface area contributed by atoms with E-state index in [1.807, 2.05) is 37.3 Å². The number of aliphatic imine (C=N–C) groups is 1. The molecule has 0 saturated carbocycles. The predicted molar refractivity (Wildman–Crippen MR) is 133 cm³/mol. The summed E-state index contributed by atoms with van der Waals surface area (Å²) in [6.07, 6.45) is 0.845. The first-order valence-corrected chi connectivity index (χ1v) is 11.3. The van der Waals surface area contributed by atoms with Gasteiger partial charge >= 0.3 is 0 Å². The quantitative estimate of drug-likeness (QED) is 0.168. The van der Waals surface area contributed by atoms with Gasteiger partial charge in [-0.3, -0.25) is 0 Å². The van der Waals surface area contributed by atoms with E-state index in [0.717, 1.165) is 23.3 Å². The van der Waals surface area contributed by atoms with E-state index in [0.29, 0.717) is 38.8 Å². The number of ether oxygens (including phenoxy) is 2. The second-order valence-electron chi connectivity index (χ2n) is 6.54. The summed E-state index contributed by atoms with van der Waals surface area (Å²) in [4.78, 5) is 4.65. The highest BCUT2D eigenvalue weighted by atomic mass is 127. The number of benzene rings is 2. The molecule has 2 aromatic rings. The zero-order chi connectivity index (χ0) is 21.8. The van der Waals surface area contributed by atoms with Crippen LogP contribution in [0.25, 0.3) is 0 Å². The van der Waals surface area contributed by atoms with Crippen molar-refractivity contribution in [2.45, 2.75) is 31.3 Å². The molecule has 0 fully saturated rings. The normalized spacial score (nSPS) is 11.5. The van der Waals surface area contributed by atoms with Crippen LogP contribution in [-0.4, -0.2) is 41.2 Å². The van der Waals surface area contributed by atoms with E-state index in [4.69, 9.17) is 14.6 Å². The monoisotopic (exact) mass is 562 g/mol. The average molecular weight is 562 g/mol. The van der Waals surface area contributed by atoms with E-state index in [9.17, 15) is 8.42 Å². The zero-order valence-corrected chi connectivity index (χ0v) is 21.0. The van der Waals surface area contributed by atoms with Crippen molar-refractivity contribution in [1.82, 2.24) is 10.6 Å². The third-order valence-corrected chi connectivity index (χ3v) is 5.14. The molecule has 0 aromatic heterocycles. The Hall–Kier alpha value is -1.89. The number of primary sulfonamides is 1. The van der Waals surface area contributed by atoms with Crippen molar-refractivity contribution in [1.29, 1.82) is 0 Å². The lowest BCUT2D eigenvalue weighted by atomic mass is 10.2. The number of nitrogens with two attached hydrogens (primary N) is 1. The van der Waals surface area contributed by atoms with Crippen LogP contribution in [0.15, 0.2) is 58.4 Å². The van der Waals surface area contributed by atoms with Crippen molar-refractivity contribution in [3.8, 4) is 5.75 Å². The first-order chi connectivity index (χ1) is 14.4. The number of methoxy groups -OCH3 is 1. The minimum absolute atomic E-state index is 0. The first-order valence-electron chi connectivity index (χ1n) is 9.77. The summed E-state index contributed by atoms with van der Waals surface area (Å²) in [6, 6.07) is 14.2. The molecule has 0 bridgehead atoms. The highest BCUT2D eigenvalue weighted by Crippen LogP contribution is 2.12. The third-order valence-electron chi connectivity index (χ3n) is 4.23. The maximum atomic E-state index is 11.6. The molecular formula is C21H31IN4O4S. The fraction of sp³-hybridized carbons (Fsp3) is 0.381. The van der Waals surface area contributed by atoms with E-state index in [2.05, 4.69) is 15.6 Å². The van der Waals surface area contributed by atoms with Crippen LogP contribution < -0.4 is 20.5 Å². The summed E-state index contributed by atoms with van der Waals surface area (Å²) in [5, 5.41) is 11.8. The van der Waals surface area contributed by atoms with Gasteiger partial charge in [0.25, 0.3) is 0 Å². The van der Waals surface area contributed by atoms with Gasteiger partial charge in [-0.15, -0.1) is 24.0 Å². The summed E-state index contributed by atoms with van der Waals surface area (Å²) in [6.45, 7) is 4.92. The standard InChI is InChI=1S/C21H30N4O4S.HI/c1-3-29-13-5-12-23-21(24-15-17-8-10-19(28-2)11-9-17)25-16-18-6-4-7-20(14-18)30(22,26)27;/h4,6-11,14H,3,5,12-13,15-16H2,1-2H3,(H2,22,26,27)(H2,23,24,25);1H. The van der Waals surface area contributed by atoms with Gasteiger partial charge in [0, 0.05) is 26.3 Å². The van der Waals surface area contributed by atoms with Crippen LogP contribution in [0.5, 0.6) is 5.75 Å². The van der Waals surface area contributed by atoms with Gasteiger partial charge < -0.3 is 20.1 Å². The number of sulfonamides is 1. The van der Waals surface area contributed by atoms with E-state index < -0.39 is 10.0 Å². The molecule has 0 aliphatic heterocycles. The fourth-order valence-electron chi connectivity index (χ4n) is 2.62. The van der Waals surface area contributed by atoms with Crippen molar-refractivity contribution in [3.05, 3.63) is 59.7 Å². The number of hydrogen-bond donors (Lipinski definition) is 3. The lowest BCUT2D eigenvalue weighted by molar-refractivity contribution is 0.145. The Morgan fingerprint density at radius 3 is 2.48 bits per heavy atom. The molecule has 0 spiro atoms. The Labute approximate surface area is 201 Å². The highest BCUT2D eigenvalue weighted by Gasteiger charge is 2.08. The molecule has 8 nitrogen and oxygen atoms in total. The summed E-state index contributed by atoms with van der Waals surface area (Å²) >= 11 is 0. The summed E-state index contributed by atoms with van der Waals surface area (Å²) in [5.74, 6) is 1.43. The zero-order valence-electron chi connectivity index (χ0n) is 17.8. The molecule has 2 rings (SSSR count). The maximum Gasteiger partial charge on any atom is 0.238 e. The lowest BCUT2D eigenvalue weighted by Crippen LogP contribution is -2.37. The van der Waals surface area contributed by atoms with E-state index in [-0.39, 0.29) is 28.9 Å². The van der Waals surface area contributed by atoms with Gasteiger partial charge in [-0.1, -0.05) is 24.3 Å². The summed E-state index contributed by atoms with van der Waals surface area (Å²) in [7, 11) is -2.11. The Morgan fingerprint density at radius 1 is 1.10 bits per heavy atom. The van der Waals surface area contributed by atoms with Crippen LogP contribution in [0, 0.1) is 0 Å². The molecule has 2 aromatic carbocycles. The molecular weight excluding hydrogens is 531 g/mol. The molecule has 0 saturated heterocycles. The Morgan fingerprint density at radius 2 is 1.84 bits per heavy atom. The summed E-state index contributed by atoms with van der Waals surface area (Å²) in [5.41, 5.74) is 1.83. The predicted octanol–water partition coefficient (Wildman–Crippen LogP) is 2.62. The van der Waals surface area contributed by atoms with Gasteiger partial charge in [0.1, 0.15) is 5.75 Å². The van der Waals surface area contributed by atoms with Gasteiger partial charge in [0.05, 0.1) is 18.6 Å². The highest BCUT2D eigenvalue weighted by molar-refractivity contribution is 14.0. The van der Waals surface area contributed by atoms with Crippen LogP contribution in [0.4, 0.5) is 0 Å². The largest absolute Gasteiger partial charge is 0.497 e. The molecule has 4 N–H and O–H groups in total. The van der Waals surface area contributed by atoms with Crippen molar-refractivity contribution >= 4 is 40.0 Å². The Kier molecular flexibility index (Phi) is 12.5. The number of guanidine groups is 1. The lowest BCUT2D eigenvalue weighted by Gasteiger charge is -2.13. The van der Waals surface area contributed by atoms with E-state index in [1.165, 1.54) is 12.1 Å². The van der Waals surface area contributed by atoms with Crippen LogP contribution in [0.3, 0.4) is 0 Å². The minimum Gasteiger partial charge on any atom is -0.497 e. The van der Waals surface area contributed by atoms with Gasteiger partial charge in [0.15, 0.2) is 5.96 Å². The van der Waals surface area contributed by atoms with Gasteiger partial charge in [0.2, 0.25) is 10.0 Å². The van der Waals surface area contributed by atoms with Gasteiger partial charge in [-0.25, -0.2) is 18.5 Å². The molecule has 10 heteroatoms. The topological polar surface area (TPSA) is 115 Å². The molecule has 0 unspecified atom stereocenters. The van der Waals surface area contributed by atoms with Crippen LogP contribution in [0.2, 0.25) is 0 Å². The minimum atomic E-state index is -3.74. The first kappa shape index (κ1) is 27.1. The van der Waals surface area contributed by atoms with Crippen LogP contribution >= 0.6 is 24.0 Å². The van der Waals surface area contributed by atoms with Crippen LogP contribution in [0.1, 0.15) is 24.5 Å². The molecule has 0 heterocycles. The Balaban J connectivity index is 0.00000480. The molecule has 172 valence electrons.